The van der Waals surface area contributed by atoms with Gasteiger partial charge in [-0.15, -0.1) is 0 Å². The molecule has 1 saturated carbocycles. The van der Waals surface area contributed by atoms with E-state index < -0.39 is 0 Å². The molecule has 1 aromatic rings. The van der Waals surface area contributed by atoms with Crippen molar-refractivity contribution in [3.8, 4) is 0 Å². The van der Waals surface area contributed by atoms with Crippen LogP contribution in [-0.4, -0.2) is 48.9 Å². The van der Waals surface area contributed by atoms with Gasteiger partial charge in [-0.2, -0.15) is 4.98 Å². The van der Waals surface area contributed by atoms with Gasteiger partial charge in [-0.05, 0) is 51.9 Å². The van der Waals surface area contributed by atoms with Gasteiger partial charge in [0.05, 0.1) is 0 Å². The van der Waals surface area contributed by atoms with Crippen molar-refractivity contribution in [2.75, 3.05) is 32.8 Å². The molecule has 0 atom stereocenters. The SMILES string of the molecule is CCNC(=NCC1(CCOCC)CCCC1)NCCCc1nc(C)no1. The van der Waals surface area contributed by atoms with Crippen LogP contribution in [0.15, 0.2) is 9.52 Å². The highest BCUT2D eigenvalue weighted by atomic mass is 16.5. The second-order valence-electron chi connectivity index (χ2n) is 7.11. The number of rotatable bonds is 11. The van der Waals surface area contributed by atoms with Gasteiger partial charge in [0.2, 0.25) is 5.89 Å². The summed E-state index contributed by atoms with van der Waals surface area (Å²) in [6, 6.07) is 0. The molecule has 0 radical (unpaired) electrons. The molecule has 1 fully saturated rings. The molecule has 0 aliphatic heterocycles. The lowest BCUT2D eigenvalue weighted by atomic mass is 9.83. The van der Waals surface area contributed by atoms with E-state index in [1.807, 2.05) is 6.92 Å². The number of nitrogens with zero attached hydrogens (tertiary/aromatic N) is 3. The summed E-state index contributed by atoms with van der Waals surface area (Å²) in [6.07, 6.45) is 7.98. The molecule has 1 aliphatic carbocycles. The average molecular weight is 366 g/mol. The number of nitrogens with one attached hydrogen (secondary N) is 2. The Kier molecular flexibility index (Phi) is 8.88. The van der Waals surface area contributed by atoms with Crippen LogP contribution in [0.2, 0.25) is 0 Å². The Balaban J connectivity index is 1.79. The van der Waals surface area contributed by atoms with E-state index in [9.17, 15) is 0 Å². The Morgan fingerprint density at radius 1 is 1.27 bits per heavy atom. The van der Waals surface area contributed by atoms with E-state index in [-0.39, 0.29) is 0 Å². The van der Waals surface area contributed by atoms with E-state index in [0.29, 0.717) is 17.1 Å². The third kappa shape index (κ3) is 6.94. The third-order valence-electron chi connectivity index (χ3n) is 4.99. The second kappa shape index (κ2) is 11.2. The lowest BCUT2D eigenvalue weighted by Gasteiger charge is -2.27. The van der Waals surface area contributed by atoms with Crippen LogP contribution in [-0.2, 0) is 11.2 Å². The first-order valence-corrected chi connectivity index (χ1v) is 10.1. The number of guanidine groups is 1. The van der Waals surface area contributed by atoms with Gasteiger partial charge in [0, 0.05) is 39.3 Å². The van der Waals surface area contributed by atoms with Crippen molar-refractivity contribution in [2.24, 2.45) is 10.4 Å². The molecule has 7 heteroatoms. The first-order valence-electron chi connectivity index (χ1n) is 10.1. The van der Waals surface area contributed by atoms with E-state index in [4.69, 9.17) is 14.3 Å². The summed E-state index contributed by atoms with van der Waals surface area (Å²) in [6.45, 7) is 10.2. The fraction of sp³-hybridized carbons (Fsp3) is 0.842. The molecule has 0 spiro atoms. The number of hydrogen-bond acceptors (Lipinski definition) is 5. The topological polar surface area (TPSA) is 84.6 Å². The van der Waals surface area contributed by atoms with Crippen LogP contribution in [0.5, 0.6) is 0 Å². The van der Waals surface area contributed by atoms with Crippen molar-refractivity contribution >= 4 is 5.96 Å². The standard InChI is InChI=1S/C19H35N5O2/c1-4-20-18(21-13-8-9-17-23-16(3)24-26-17)22-15-19(10-6-7-11-19)12-14-25-5-2/h4-15H2,1-3H3,(H2,20,21,22). The Morgan fingerprint density at radius 3 is 2.73 bits per heavy atom. The van der Waals surface area contributed by atoms with Crippen molar-refractivity contribution in [3.63, 3.8) is 0 Å². The van der Waals surface area contributed by atoms with Crippen LogP contribution in [0.1, 0.15) is 64.1 Å². The molecule has 0 amide bonds. The lowest BCUT2D eigenvalue weighted by molar-refractivity contribution is 0.107. The molecule has 26 heavy (non-hydrogen) atoms. The molecule has 0 aromatic carbocycles. The smallest absolute Gasteiger partial charge is 0.226 e. The van der Waals surface area contributed by atoms with Crippen LogP contribution in [0, 0.1) is 12.3 Å². The molecule has 1 aliphatic rings. The van der Waals surface area contributed by atoms with Crippen LogP contribution in [0.25, 0.3) is 0 Å². The molecule has 7 nitrogen and oxygen atoms in total. The summed E-state index contributed by atoms with van der Waals surface area (Å²) in [7, 11) is 0. The molecule has 1 heterocycles. The number of ether oxygens (including phenoxy) is 1. The molecule has 0 saturated heterocycles. The minimum absolute atomic E-state index is 0.318. The first-order chi connectivity index (χ1) is 12.7. The van der Waals surface area contributed by atoms with Crippen molar-refractivity contribution in [1.29, 1.82) is 0 Å². The molecule has 2 N–H and O–H groups in total. The molecule has 148 valence electrons. The number of aryl methyl sites for hydroxylation is 2. The van der Waals surface area contributed by atoms with Crippen molar-refractivity contribution in [2.45, 2.75) is 65.7 Å². The summed E-state index contributed by atoms with van der Waals surface area (Å²) in [5.74, 6) is 2.29. The van der Waals surface area contributed by atoms with Crippen molar-refractivity contribution in [3.05, 3.63) is 11.7 Å². The Bertz CT molecular complexity index is 538. The zero-order chi connectivity index (χ0) is 18.7. The van der Waals surface area contributed by atoms with Crippen LogP contribution in [0.3, 0.4) is 0 Å². The number of aliphatic imine (C=N–C) groups is 1. The molecule has 2 rings (SSSR count). The highest BCUT2D eigenvalue weighted by molar-refractivity contribution is 5.79. The maximum absolute atomic E-state index is 5.60. The molecule has 0 unspecified atom stereocenters. The first kappa shape index (κ1) is 20.7. The summed E-state index contributed by atoms with van der Waals surface area (Å²) >= 11 is 0. The zero-order valence-electron chi connectivity index (χ0n) is 16.6. The van der Waals surface area contributed by atoms with Gasteiger partial charge in [0.1, 0.15) is 0 Å². The molecule has 0 bridgehead atoms. The van der Waals surface area contributed by atoms with E-state index in [2.05, 4.69) is 34.6 Å². The van der Waals surface area contributed by atoms with Crippen molar-refractivity contribution < 1.29 is 9.26 Å². The summed E-state index contributed by atoms with van der Waals surface area (Å²) in [4.78, 5) is 9.12. The average Bonchev–Trinajstić information content (AvgIpc) is 3.26. The van der Waals surface area contributed by atoms with Crippen LogP contribution < -0.4 is 10.6 Å². The zero-order valence-corrected chi connectivity index (χ0v) is 16.6. The fourth-order valence-corrected chi connectivity index (χ4v) is 3.52. The van der Waals surface area contributed by atoms with Gasteiger partial charge in [0.25, 0.3) is 0 Å². The highest BCUT2D eigenvalue weighted by Crippen LogP contribution is 2.41. The number of hydrogen-bond donors (Lipinski definition) is 2. The largest absolute Gasteiger partial charge is 0.382 e. The van der Waals surface area contributed by atoms with E-state index in [1.165, 1.54) is 25.7 Å². The van der Waals surface area contributed by atoms with Gasteiger partial charge in [-0.25, -0.2) is 0 Å². The van der Waals surface area contributed by atoms with Gasteiger partial charge in [0.15, 0.2) is 11.8 Å². The predicted molar refractivity (Wildman–Crippen MR) is 103 cm³/mol. The van der Waals surface area contributed by atoms with Gasteiger partial charge < -0.3 is 19.9 Å². The van der Waals surface area contributed by atoms with Gasteiger partial charge in [-0.1, -0.05) is 18.0 Å². The molecular weight excluding hydrogens is 330 g/mol. The van der Waals surface area contributed by atoms with Crippen LogP contribution in [0.4, 0.5) is 0 Å². The predicted octanol–water partition coefficient (Wildman–Crippen LogP) is 2.85. The Labute approximate surface area is 157 Å². The Morgan fingerprint density at radius 2 is 2.08 bits per heavy atom. The highest BCUT2D eigenvalue weighted by Gasteiger charge is 2.33. The Hall–Kier alpha value is -1.63. The van der Waals surface area contributed by atoms with E-state index in [0.717, 1.165) is 58.1 Å². The monoisotopic (exact) mass is 365 g/mol. The fourth-order valence-electron chi connectivity index (χ4n) is 3.52. The second-order valence-corrected chi connectivity index (χ2v) is 7.11. The lowest BCUT2D eigenvalue weighted by Crippen LogP contribution is -2.39. The normalized spacial score (nSPS) is 16.8. The maximum atomic E-state index is 5.60. The summed E-state index contributed by atoms with van der Waals surface area (Å²) in [5, 5.41) is 10.6. The van der Waals surface area contributed by atoms with Gasteiger partial charge >= 0.3 is 0 Å². The molecule has 1 aromatic heterocycles. The van der Waals surface area contributed by atoms with Gasteiger partial charge in [-0.3, -0.25) is 4.99 Å². The minimum atomic E-state index is 0.318. The summed E-state index contributed by atoms with van der Waals surface area (Å²) < 4.78 is 10.7. The quantitative estimate of drug-likeness (QED) is 0.356. The minimum Gasteiger partial charge on any atom is -0.382 e. The third-order valence-corrected chi connectivity index (χ3v) is 4.99. The maximum Gasteiger partial charge on any atom is 0.226 e. The molecular formula is C19H35N5O2. The number of aromatic nitrogens is 2. The van der Waals surface area contributed by atoms with E-state index >= 15 is 0 Å². The summed E-state index contributed by atoms with van der Waals surface area (Å²) in [5.41, 5.74) is 0.318. The van der Waals surface area contributed by atoms with E-state index in [1.54, 1.807) is 0 Å². The van der Waals surface area contributed by atoms with Crippen molar-refractivity contribution in [1.82, 2.24) is 20.8 Å². The van der Waals surface area contributed by atoms with Crippen LogP contribution >= 0.6 is 0 Å².